The molecule has 0 fully saturated rings. The van der Waals surface area contributed by atoms with Crippen LogP contribution in [0.4, 0.5) is 0 Å². The highest BCUT2D eigenvalue weighted by Gasteiger charge is 2.06. The number of amides is 1. The van der Waals surface area contributed by atoms with Crippen molar-refractivity contribution in [1.82, 2.24) is 5.43 Å². The van der Waals surface area contributed by atoms with Crippen molar-refractivity contribution in [3.05, 3.63) is 77.0 Å². The molecule has 5 nitrogen and oxygen atoms in total. The number of carbonyl (C=O) groups is 1. The Hall–Kier alpha value is -3.05. The molecule has 27 heavy (non-hydrogen) atoms. The van der Waals surface area contributed by atoms with Gasteiger partial charge >= 0.3 is 0 Å². The molecule has 0 atom stereocenters. The number of halogens is 1. The van der Waals surface area contributed by atoms with Crippen LogP contribution < -0.4 is 10.2 Å². The predicted octanol–water partition coefficient (Wildman–Crippen LogP) is 5.15. The minimum absolute atomic E-state index is 0.310. The summed E-state index contributed by atoms with van der Waals surface area (Å²) in [5.41, 5.74) is 3.84. The molecule has 0 spiro atoms. The van der Waals surface area contributed by atoms with Crippen LogP contribution >= 0.6 is 11.6 Å². The zero-order valence-corrected chi connectivity index (χ0v) is 15.6. The van der Waals surface area contributed by atoms with E-state index >= 15 is 0 Å². The number of hydrogen-bond donors (Lipinski definition) is 1. The van der Waals surface area contributed by atoms with Crippen LogP contribution in [0.3, 0.4) is 0 Å². The SMILES string of the molecule is CCCOc1ccc(C(=O)N/N=C/c2ccc(-c3cccc(Cl)c3)o2)cc1. The third-order valence-corrected chi connectivity index (χ3v) is 3.92. The van der Waals surface area contributed by atoms with Gasteiger partial charge in [0.2, 0.25) is 0 Å². The van der Waals surface area contributed by atoms with Crippen molar-refractivity contribution in [2.45, 2.75) is 13.3 Å². The van der Waals surface area contributed by atoms with Crippen molar-refractivity contribution >= 4 is 23.7 Å². The molecule has 0 unspecified atom stereocenters. The van der Waals surface area contributed by atoms with Crippen LogP contribution in [-0.2, 0) is 0 Å². The zero-order chi connectivity index (χ0) is 19.1. The van der Waals surface area contributed by atoms with Crippen LogP contribution in [0.25, 0.3) is 11.3 Å². The molecule has 0 bridgehead atoms. The third kappa shape index (κ3) is 5.21. The van der Waals surface area contributed by atoms with Gasteiger partial charge in [0, 0.05) is 16.1 Å². The van der Waals surface area contributed by atoms with Crippen LogP contribution in [0.15, 0.2) is 70.2 Å². The standard InChI is InChI=1S/C21H19ClN2O3/c1-2-12-26-18-8-6-15(7-9-18)21(25)24-23-14-19-10-11-20(27-19)16-4-3-5-17(22)13-16/h3-11,13-14H,2,12H2,1H3,(H,24,25)/b23-14+. The van der Waals surface area contributed by atoms with Gasteiger partial charge in [-0.3, -0.25) is 4.79 Å². The molecule has 1 heterocycles. The van der Waals surface area contributed by atoms with Crippen molar-refractivity contribution < 1.29 is 13.9 Å². The summed E-state index contributed by atoms with van der Waals surface area (Å²) in [7, 11) is 0. The van der Waals surface area contributed by atoms with E-state index in [2.05, 4.69) is 10.5 Å². The van der Waals surface area contributed by atoms with Crippen molar-refractivity contribution in [3.63, 3.8) is 0 Å². The number of benzene rings is 2. The average molecular weight is 383 g/mol. The Labute approximate surface area is 162 Å². The van der Waals surface area contributed by atoms with Crippen molar-refractivity contribution in [2.75, 3.05) is 6.61 Å². The third-order valence-electron chi connectivity index (χ3n) is 3.68. The van der Waals surface area contributed by atoms with Gasteiger partial charge < -0.3 is 9.15 Å². The summed E-state index contributed by atoms with van der Waals surface area (Å²) in [5.74, 6) is 1.62. The first-order valence-electron chi connectivity index (χ1n) is 8.58. The van der Waals surface area contributed by atoms with Gasteiger partial charge in [0.15, 0.2) is 0 Å². The van der Waals surface area contributed by atoms with Crippen molar-refractivity contribution in [3.8, 4) is 17.1 Å². The Morgan fingerprint density at radius 3 is 2.74 bits per heavy atom. The van der Waals surface area contributed by atoms with Gasteiger partial charge in [-0.2, -0.15) is 5.10 Å². The quantitative estimate of drug-likeness (QED) is 0.454. The summed E-state index contributed by atoms with van der Waals surface area (Å²) < 4.78 is 11.2. The van der Waals surface area contributed by atoms with E-state index in [4.69, 9.17) is 20.8 Å². The summed E-state index contributed by atoms with van der Waals surface area (Å²) in [4.78, 5) is 12.1. The largest absolute Gasteiger partial charge is 0.494 e. The molecule has 0 aliphatic heterocycles. The summed E-state index contributed by atoms with van der Waals surface area (Å²) in [6, 6.07) is 17.9. The lowest BCUT2D eigenvalue weighted by Crippen LogP contribution is -2.17. The average Bonchev–Trinajstić information content (AvgIpc) is 3.15. The Bertz CT molecular complexity index is 933. The summed E-state index contributed by atoms with van der Waals surface area (Å²) in [6.07, 6.45) is 2.38. The van der Waals surface area contributed by atoms with E-state index in [9.17, 15) is 4.79 Å². The second kappa shape index (κ2) is 9.05. The van der Waals surface area contributed by atoms with Crippen molar-refractivity contribution in [1.29, 1.82) is 0 Å². The van der Waals surface area contributed by atoms with Crippen LogP contribution in [-0.4, -0.2) is 18.7 Å². The van der Waals surface area contributed by atoms with E-state index in [1.165, 1.54) is 6.21 Å². The monoisotopic (exact) mass is 382 g/mol. The topological polar surface area (TPSA) is 63.8 Å². The summed E-state index contributed by atoms with van der Waals surface area (Å²) >= 11 is 5.99. The second-order valence-corrected chi connectivity index (χ2v) is 6.22. The fourth-order valence-corrected chi connectivity index (χ4v) is 2.55. The van der Waals surface area contributed by atoms with Crippen LogP contribution in [0.1, 0.15) is 29.5 Å². The highest BCUT2D eigenvalue weighted by atomic mass is 35.5. The van der Waals surface area contributed by atoms with Crippen LogP contribution in [0.2, 0.25) is 5.02 Å². The molecule has 3 aromatic rings. The van der Waals surface area contributed by atoms with E-state index in [0.717, 1.165) is 17.7 Å². The normalized spacial score (nSPS) is 10.9. The molecule has 0 saturated heterocycles. The van der Waals surface area contributed by atoms with E-state index in [1.807, 2.05) is 31.2 Å². The minimum atomic E-state index is -0.310. The van der Waals surface area contributed by atoms with Gasteiger partial charge in [-0.25, -0.2) is 5.43 Å². The minimum Gasteiger partial charge on any atom is -0.494 e. The number of nitrogens with one attached hydrogen (secondary N) is 1. The maximum Gasteiger partial charge on any atom is 0.271 e. The lowest BCUT2D eigenvalue weighted by atomic mass is 10.2. The molecule has 1 N–H and O–H groups in total. The molecular weight excluding hydrogens is 364 g/mol. The van der Waals surface area contributed by atoms with Crippen LogP contribution in [0, 0.1) is 0 Å². The van der Waals surface area contributed by atoms with Gasteiger partial charge in [0.1, 0.15) is 17.3 Å². The molecule has 1 amide bonds. The molecule has 2 aromatic carbocycles. The number of furan rings is 1. The Kier molecular flexibility index (Phi) is 6.28. The molecule has 0 aliphatic carbocycles. The molecule has 0 aliphatic rings. The van der Waals surface area contributed by atoms with Crippen molar-refractivity contribution in [2.24, 2.45) is 5.10 Å². The number of ether oxygens (including phenoxy) is 1. The first-order chi connectivity index (χ1) is 13.2. The molecule has 138 valence electrons. The maximum absolute atomic E-state index is 12.1. The number of carbonyl (C=O) groups excluding carboxylic acids is 1. The van der Waals surface area contributed by atoms with E-state index in [0.29, 0.717) is 28.7 Å². The fraction of sp³-hybridized carbons (Fsp3) is 0.143. The second-order valence-electron chi connectivity index (χ2n) is 5.78. The van der Waals surface area contributed by atoms with Gasteiger partial charge in [0.25, 0.3) is 5.91 Å². The Morgan fingerprint density at radius 1 is 1.19 bits per heavy atom. The smallest absolute Gasteiger partial charge is 0.271 e. The molecule has 1 aromatic heterocycles. The van der Waals surface area contributed by atoms with Gasteiger partial charge in [-0.05, 0) is 55.0 Å². The molecule has 0 saturated carbocycles. The highest BCUT2D eigenvalue weighted by Crippen LogP contribution is 2.24. The first-order valence-corrected chi connectivity index (χ1v) is 8.95. The van der Waals surface area contributed by atoms with Gasteiger partial charge in [-0.1, -0.05) is 30.7 Å². The zero-order valence-electron chi connectivity index (χ0n) is 14.8. The lowest BCUT2D eigenvalue weighted by molar-refractivity contribution is 0.0955. The van der Waals surface area contributed by atoms with Crippen LogP contribution in [0.5, 0.6) is 5.75 Å². The number of nitrogens with zero attached hydrogens (tertiary/aromatic N) is 1. The van der Waals surface area contributed by atoms with E-state index in [-0.39, 0.29) is 5.91 Å². The Morgan fingerprint density at radius 2 is 2.00 bits per heavy atom. The highest BCUT2D eigenvalue weighted by molar-refractivity contribution is 6.30. The molecule has 3 rings (SSSR count). The lowest BCUT2D eigenvalue weighted by Gasteiger charge is -2.05. The predicted molar refractivity (Wildman–Crippen MR) is 106 cm³/mol. The first kappa shape index (κ1) is 18.7. The number of hydrazone groups is 1. The Balaban J connectivity index is 1.58. The molecule has 6 heteroatoms. The molecular formula is C21H19ClN2O3. The molecule has 0 radical (unpaired) electrons. The maximum atomic E-state index is 12.1. The number of rotatable bonds is 7. The van der Waals surface area contributed by atoms with E-state index in [1.54, 1.807) is 36.4 Å². The summed E-state index contributed by atoms with van der Waals surface area (Å²) in [6.45, 7) is 2.69. The van der Waals surface area contributed by atoms with E-state index < -0.39 is 0 Å². The fourth-order valence-electron chi connectivity index (χ4n) is 2.36. The van der Waals surface area contributed by atoms with Gasteiger partial charge in [-0.15, -0.1) is 0 Å². The number of hydrogen-bond acceptors (Lipinski definition) is 4. The van der Waals surface area contributed by atoms with Gasteiger partial charge in [0.05, 0.1) is 12.8 Å². The summed E-state index contributed by atoms with van der Waals surface area (Å²) in [5, 5.41) is 4.58.